The van der Waals surface area contributed by atoms with E-state index in [0.717, 1.165) is 24.8 Å². The van der Waals surface area contributed by atoms with Crippen LogP contribution in [0.1, 0.15) is 41.2 Å². The molecule has 0 aliphatic carbocycles. The van der Waals surface area contributed by atoms with Crippen molar-refractivity contribution in [3.8, 4) is 0 Å². The van der Waals surface area contributed by atoms with Crippen molar-refractivity contribution in [3.63, 3.8) is 0 Å². The maximum absolute atomic E-state index is 13.6. The lowest BCUT2D eigenvalue weighted by Gasteiger charge is -2.26. The molecule has 0 bridgehead atoms. The van der Waals surface area contributed by atoms with Gasteiger partial charge >= 0.3 is 0 Å². The highest BCUT2D eigenvalue weighted by Crippen LogP contribution is 2.28. The molecule has 1 aliphatic rings. The number of hydrogen-bond acceptors (Lipinski definition) is 4. The molecule has 1 amide bonds. The number of benzene rings is 2. The smallest absolute Gasteiger partial charge is 0.251 e. The molecule has 31 heavy (non-hydrogen) atoms. The normalized spacial score (nSPS) is 16.3. The van der Waals surface area contributed by atoms with Crippen molar-refractivity contribution in [1.29, 1.82) is 0 Å². The van der Waals surface area contributed by atoms with E-state index in [1.54, 1.807) is 12.1 Å². The molecule has 1 saturated heterocycles. The molecule has 168 valence electrons. The summed E-state index contributed by atoms with van der Waals surface area (Å²) in [6.07, 6.45) is 2.62. The molecule has 3 rings (SSSR count). The standard InChI is InChI=1S/C22H27ClFN3O3S/c1-26(2)20(16-7-6-8-18(24)13-16)15-25-22(28)17-9-10-19(23)21(14-17)31(29,30)27-11-4-3-5-12-27/h6-10,13-14,20H,3-5,11-12,15H2,1-2H3,(H,25,28)/t20-/m0/s1. The molecule has 0 radical (unpaired) electrons. The third-order valence-corrected chi connectivity index (χ3v) is 7.82. The monoisotopic (exact) mass is 467 g/mol. The van der Waals surface area contributed by atoms with Gasteiger partial charge in [0.2, 0.25) is 10.0 Å². The molecule has 1 N–H and O–H groups in total. The summed E-state index contributed by atoms with van der Waals surface area (Å²) >= 11 is 6.19. The summed E-state index contributed by atoms with van der Waals surface area (Å²) in [5.74, 6) is -0.768. The summed E-state index contributed by atoms with van der Waals surface area (Å²) in [5, 5.41) is 2.91. The first kappa shape index (κ1) is 23.7. The highest BCUT2D eigenvalue weighted by atomic mass is 35.5. The van der Waals surface area contributed by atoms with E-state index in [2.05, 4.69) is 5.32 Å². The van der Waals surface area contributed by atoms with Gasteiger partial charge in [-0.05, 0) is 62.8 Å². The SMILES string of the molecule is CN(C)[C@@H](CNC(=O)c1ccc(Cl)c(S(=O)(=O)N2CCCCC2)c1)c1cccc(F)c1. The zero-order valence-corrected chi connectivity index (χ0v) is 19.2. The zero-order chi connectivity index (χ0) is 22.6. The number of amides is 1. The van der Waals surface area contributed by atoms with Gasteiger partial charge in [0.1, 0.15) is 10.7 Å². The highest BCUT2D eigenvalue weighted by molar-refractivity contribution is 7.89. The van der Waals surface area contributed by atoms with Crippen molar-refractivity contribution in [1.82, 2.24) is 14.5 Å². The number of carbonyl (C=O) groups is 1. The van der Waals surface area contributed by atoms with Crippen molar-refractivity contribution in [2.45, 2.75) is 30.2 Å². The molecule has 0 aromatic heterocycles. The number of nitrogens with zero attached hydrogens (tertiary/aromatic N) is 2. The maximum Gasteiger partial charge on any atom is 0.251 e. The second kappa shape index (κ2) is 10.1. The van der Waals surface area contributed by atoms with Gasteiger partial charge in [0, 0.05) is 25.2 Å². The summed E-state index contributed by atoms with van der Waals surface area (Å²) in [4.78, 5) is 14.6. The Morgan fingerprint density at radius 3 is 2.52 bits per heavy atom. The third-order valence-electron chi connectivity index (χ3n) is 5.44. The number of likely N-dealkylation sites (N-methyl/N-ethyl adjacent to an activating group) is 1. The van der Waals surface area contributed by atoms with Crippen molar-refractivity contribution in [2.24, 2.45) is 0 Å². The first-order valence-corrected chi connectivity index (χ1v) is 12.0. The second-order valence-electron chi connectivity index (χ2n) is 7.85. The molecule has 6 nitrogen and oxygen atoms in total. The lowest BCUT2D eigenvalue weighted by molar-refractivity contribution is 0.0941. The van der Waals surface area contributed by atoms with Gasteiger partial charge in [-0.25, -0.2) is 12.8 Å². The van der Waals surface area contributed by atoms with Crippen LogP contribution in [0, 0.1) is 5.82 Å². The van der Waals surface area contributed by atoms with Crippen molar-refractivity contribution < 1.29 is 17.6 Å². The number of halogens is 2. The molecule has 9 heteroatoms. The fraction of sp³-hybridized carbons (Fsp3) is 0.409. The van der Waals surface area contributed by atoms with Crippen LogP contribution in [0.3, 0.4) is 0 Å². The summed E-state index contributed by atoms with van der Waals surface area (Å²) in [6.45, 7) is 1.13. The van der Waals surface area contributed by atoms with Gasteiger partial charge in [-0.1, -0.05) is 30.2 Å². The summed E-state index contributed by atoms with van der Waals surface area (Å²) in [5.41, 5.74) is 0.937. The van der Waals surface area contributed by atoms with Crippen molar-refractivity contribution in [2.75, 3.05) is 33.7 Å². The van der Waals surface area contributed by atoms with Crippen LogP contribution in [-0.2, 0) is 10.0 Å². The summed E-state index contributed by atoms with van der Waals surface area (Å²) < 4.78 is 41.1. The Morgan fingerprint density at radius 1 is 1.16 bits per heavy atom. The van der Waals surface area contributed by atoms with E-state index in [4.69, 9.17) is 11.6 Å². The van der Waals surface area contributed by atoms with E-state index in [1.165, 1.54) is 34.6 Å². The van der Waals surface area contributed by atoms with Crippen LogP contribution in [-0.4, -0.2) is 57.3 Å². The van der Waals surface area contributed by atoms with Crippen LogP contribution >= 0.6 is 11.6 Å². The summed E-state index contributed by atoms with van der Waals surface area (Å²) in [6, 6.07) is 10.2. The van der Waals surface area contributed by atoms with E-state index >= 15 is 0 Å². The number of nitrogens with one attached hydrogen (secondary N) is 1. The Bertz CT molecular complexity index is 1040. The third kappa shape index (κ3) is 5.63. The van der Waals surface area contributed by atoms with E-state index in [0.29, 0.717) is 13.1 Å². The van der Waals surface area contributed by atoms with Gasteiger partial charge in [-0.3, -0.25) is 4.79 Å². The minimum Gasteiger partial charge on any atom is -0.350 e. The quantitative estimate of drug-likeness (QED) is 0.674. The summed E-state index contributed by atoms with van der Waals surface area (Å²) in [7, 11) is -0.0885. The Morgan fingerprint density at radius 2 is 1.87 bits per heavy atom. The van der Waals surface area contributed by atoms with Crippen LogP contribution in [0.25, 0.3) is 0 Å². The maximum atomic E-state index is 13.6. The van der Waals surface area contributed by atoms with Gasteiger partial charge in [0.25, 0.3) is 5.91 Å². The lowest BCUT2D eigenvalue weighted by Crippen LogP contribution is -2.36. The molecule has 1 atom stereocenters. The van der Waals surface area contributed by atoms with Crippen LogP contribution in [0.5, 0.6) is 0 Å². The van der Waals surface area contributed by atoms with Crippen LogP contribution in [0.2, 0.25) is 5.02 Å². The van der Waals surface area contributed by atoms with Gasteiger partial charge in [0.05, 0.1) is 11.1 Å². The highest BCUT2D eigenvalue weighted by Gasteiger charge is 2.29. The Balaban J connectivity index is 1.78. The predicted molar refractivity (Wildman–Crippen MR) is 119 cm³/mol. The lowest BCUT2D eigenvalue weighted by atomic mass is 10.1. The van der Waals surface area contributed by atoms with E-state index in [9.17, 15) is 17.6 Å². The molecule has 2 aromatic carbocycles. The molecule has 2 aromatic rings. The van der Waals surface area contributed by atoms with E-state index < -0.39 is 15.9 Å². The average molecular weight is 468 g/mol. The molecule has 0 saturated carbocycles. The van der Waals surface area contributed by atoms with Gasteiger partial charge in [-0.15, -0.1) is 0 Å². The second-order valence-corrected chi connectivity index (χ2v) is 10.2. The molecular formula is C22H27ClFN3O3S. The number of sulfonamides is 1. The molecule has 0 unspecified atom stereocenters. The Hall–Kier alpha value is -2.00. The fourth-order valence-corrected chi connectivity index (χ4v) is 5.71. The Kier molecular flexibility index (Phi) is 7.69. The van der Waals surface area contributed by atoms with Gasteiger partial charge in [0.15, 0.2) is 0 Å². The average Bonchev–Trinajstić information content (AvgIpc) is 2.74. The number of piperidine rings is 1. The molecule has 1 heterocycles. The van der Waals surface area contributed by atoms with Crippen LogP contribution in [0.15, 0.2) is 47.4 Å². The number of carbonyl (C=O) groups excluding carboxylic acids is 1. The minimum absolute atomic E-state index is 0.0574. The van der Waals surface area contributed by atoms with Crippen molar-refractivity contribution >= 4 is 27.5 Å². The predicted octanol–water partition coefficient (Wildman–Crippen LogP) is 3.69. The molecule has 1 fully saturated rings. The molecular weight excluding hydrogens is 441 g/mol. The first-order valence-electron chi connectivity index (χ1n) is 10.2. The van der Waals surface area contributed by atoms with E-state index in [1.807, 2.05) is 19.0 Å². The first-order chi connectivity index (χ1) is 14.7. The van der Waals surface area contributed by atoms with Crippen molar-refractivity contribution in [3.05, 3.63) is 64.4 Å². The fourth-order valence-electron chi connectivity index (χ4n) is 3.69. The topological polar surface area (TPSA) is 69.7 Å². The Labute approximate surface area is 188 Å². The minimum atomic E-state index is -3.77. The van der Waals surface area contributed by atoms with Gasteiger partial charge in [-0.2, -0.15) is 4.31 Å². The molecule has 1 aliphatic heterocycles. The molecule has 0 spiro atoms. The largest absolute Gasteiger partial charge is 0.350 e. The zero-order valence-electron chi connectivity index (χ0n) is 17.6. The van der Waals surface area contributed by atoms with E-state index in [-0.39, 0.29) is 33.9 Å². The van der Waals surface area contributed by atoms with Crippen LogP contribution in [0.4, 0.5) is 4.39 Å². The number of hydrogen-bond donors (Lipinski definition) is 1. The van der Waals surface area contributed by atoms with Crippen LogP contribution < -0.4 is 5.32 Å². The van der Waals surface area contributed by atoms with Gasteiger partial charge < -0.3 is 10.2 Å². The number of rotatable bonds is 7.